The minimum Gasteiger partial charge on any atom is -0.508 e. The van der Waals surface area contributed by atoms with Gasteiger partial charge in [0.1, 0.15) is 29.9 Å². The van der Waals surface area contributed by atoms with Gasteiger partial charge in [0.15, 0.2) is 0 Å². The van der Waals surface area contributed by atoms with Crippen molar-refractivity contribution in [3.05, 3.63) is 123 Å². The molecule has 49 heavy (non-hydrogen) atoms. The van der Waals surface area contributed by atoms with Gasteiger partial charge in [-0.05, 0) is 117 Å². The molecule has 3 amide bonds. The third-order valence-electron chi connectivity index (χ3n) is 9.00. The van der Waals surface area contributed by atoms with Crippen LogP contribution in [0.3, 0.4) is 0 Å². The Hall–Kier alpha value is -4.93. The van der Waals surface area contributed by atoms with Crippen LogP contribution in [0.25, 0.3) is 11.1 Å². The molecule has 1 saturated heterocycles. The van der Waals surface area contributed by atoms with Crippen molar-refractivity contribution >= 4 is 44.8 Å². The quantitative estimate of drug-likeness (QED) is 0.119. The lowest BCUT2D eigenvalue weighted by molar-refractivity contribution is -0.136. The van der Waals surface area contributed by atoms with Gasteiger partial charge in [0.25, 0.3) is 5.91 Å². The number of allylic oxidation sites excluding steroid dienone is 1. The number of ether oxygens (including phenoxy) is 1. The first kappa shape index (κ1) is 34.0. The molecule has 0 aliphatic carbocycles. The van der Waals surface area contributed by atoms with Crippen molar-refractivity contribution in [2.75, 3.05) is 20.2 Å². The van der Waals surface area contributed by atoms with Crippen LogP contribution in [-0.4, -0.2) is 64.0 Å². The number of rotatable bonds is 11. The largest absolute Gasteiger partial charge is 0.508 e. The average Bonchev–Trinajstić information content (AvgIpc) is 3.41. The number of halogens is 1. The lowest BCUT2D eigenvalue weighted by Gasteiger charge is -2.29. The molecule has 6 rings (SSSR count). The van der Waals surface area contributed by atoms with E-state index in [1.807, 2.05) is 67.7 Å². The van der Waals surface area contributed by atoms with E-state index in [0.717, 1.165) is 51.1 Å². The van der Waals surface area contributed by atoms with Crippen LogP contribution in [0.1, 0.15) is 64.4 Å². The Morgan fingerprint density at radius 2 is 1.53 bits per heavy atom. The number of hydrogen-bond donors (Lipinski definition) is 3. The second-order valence-corrected chi connectivity index (χ2v) is 13.3. The van der Waals surface area contributed by atoms with Crippen LogP contribution in [-0.2, 0) is 22.7 Å². The van der Waals surface area contributed by atoms with Crippen LogP contribution in [0.15, 0.2) is 89.4 Å². The Kier molecular flexibility index (Phi) is 10.2. The van der Waals surface area contributed by atoms with E-state index < -0.39 is 11.9 Å². The van der Waals surface area contributed by atoms with Crippen molar-refractivity contribution in [1.29, 1.82) is 0 Å². The molecule has 0 aromatic heterocycles. The second kappa shape index (κ2) is 14.7. The number of carbonyl (C=O) groups is 3. The fourth-order valence-corrected chi connectivity index (χ4v) is 7.29. The van der Waals surface area contributed by atoms with Gasteiger partial charge in [-0.15, -0.1) is 0 Å². The zero-order valence-electron chi connectivity index (χ0n) is 27.4. The van der Waals surface area contributed by atoms with E-state index in [4.69, 9.17) is 4.74 Å². The van der Waals surface area contributed by atoms with Gasteiger partial charge >= 0.3 is 0 Å². The molecule has 2 heterocycles. The Morgan fingerprint density at radius 3 is 2.14 bits per heavy atom. The van der Waals surface area contributed by atoms with Crippen molar-refractivity contribution in [3.63, 3.8) is 0 Å². The van der Waals surface area contributed by atoms with E-state index in [0.29, 0.717) is 42.7 Å². The molecule has 9 nitrogen and oxygen atoms in total. The number of aromatic hydroxyl groups is 2. The van der Waals surface area contributed by atoms with Crippen molar-refractivity contribution in [1.82, 2.24) is 15.1 Å². The molecule has 4 aromatic carbocycles. The molecular formula is C39H38BrN3O6. The Balaban J connectivity index is 1.10. The molecule has 10 heteroatoms. The SMILES string of the molecule is CCC(=C(c1ccc(O)cc1)c1ccc(OCCN(C)Cc2cc(Br)c3c(c2)CN(C2CCC(=O)NC2=O)C3=O)cc1)c1ccc(O)cc1. The van der Waals surface area contributed by atoms with Crippen molar-refractivity contribution < 1.29 is 29.3 Å². The summed E-state index contributed by atoms with van der Waals surface area (Å²) in [6.45, 7) is 4.20. The molecular weight excluding hydrogens is 686 g/mol. The highest BCUT2D eigenvalue weighted by Crippen LogP contribution is 2.37. The third kappa shape index (κ3) is 7.55. The van der Waals surface area contributed by atoms with Crippen LogP contribution < -0.4 is 10.1 Å². The number of piperidine rings is 1. The van der Waals surface area contributed by atoms with Crippen LogP contribution in [0.4, 0.5) is 0 Å². The van der Waals surface area contributed by atoms with E-state index in [2.05, 4.69) is 33.1 Å². The number of benzene rings is 4. The predicted molar refractivity (Wildman–Crippen MR) is 191 cm³/mol. The number of likely N-dealkylation sites (N-methyl/N-ethyl adjacent to an activating group) is 1. The summed E-state index contributed by atoms with van der Waals surface area (Å²) in [6.07, 6.45) is 1.32. The number of carbonyl (C=O) groups excluding carboxylic acids is 3. The molecule has 1 fully saturated rings. The lowest BCUT2D eigenvalue weighted by Crippen LogP contribution is -2.52. The maximum absolute atomic E-state index is 13.2. The molecule has 4 aromatic rings. The average molecular weight is 725 g/mol. The molecule has 0 spiro atoms. The van der Waals surface area contributed by atoms with Crippen molar-refractivity contribution in [2.24, 2.45) is 0 Å². The highest BCUT2D eigenvalue weighted by Gasteiger charge is 2.40. The van der Waals surface area contributed by atoms with Crippen molar-refractivity contribution in [2.45, 2.75) is 45.3 Å². The van der Waals surface area contributed by atoms with E-state index >= 15 is 0 Å². The summed E-state index contributed by atoms with van der Waals surface area (Å²) in [5, 5.41) is 22.1. The number of nitrogens with zero attached hydrogens (tertiary/aromatic N) is 2. The summed E-state index contributed by atoms with van der Waals surface area (Å²) in [4.78, 5) is 40.9. The molecule has 0 saturated carbocycles. The molecule has 3 N–H and O–H groups in total. The van der Waals surface area contributed by atoms with Gasteiger partial charge in [0.05, 0.1) is 5.56 Å². The molecule has 2 aliphatic rings. The van der Waals surface area contributed by atoms with Gasteiger partial charge in [-0.3, -0.25) is 24.6 Å². The van der Waals surface area contributed by atoms with Crippen LogP contribution in [0.2, 0.25) is 0 Å². The Bertz CT molecular complexity index is 1910. The lowest BCUT2D eigenvalue weighted by atomic mass is 9.88. The number of fused-ring (bicyclic) bond motifs is 1. The standard InChI is InChI=1S/C39H38BrN3O6/c1-3-32(25-4-10-29(44)11-5-25)36(26-6-12-30(45)13-7-26)27-8-14-31(15-9-27)49-19-18-42(2)22-24-20-28-23-43(39(48)37(28)33(40)21-24)34-16-17-35(46)41-38(34)47/h4-15,20-21,34,44-45H,3,16-19,22-23H2,1-2H3,(H,41,46,47). The molecule has 1 unspecified atom stereocenters. The summed E-state index contributed by atoms with van der Waals surface area (Å²) < 4.78 is 6.82. The van der Waals surface area contributed by atoms with E-state index in [1.54, 1.807) is 29.2 Å². The van der Waals surface area contributed by atoms with Gasteiger partial charge < -0.3 is 19.8 Å². The minimum absolute atomic E-state index is 0.201. The first-order valence-electron chi connectivity index (χ1n) is 16.3. The summed E-state index contributed by atoms with van der Waals surface area (Å²) in [7, 11) is 2.01. The topological polar surface area (TPSA) is 119 Å². The molecule has 0 radical (unpaired) electrons. The van der Waals surface area contributed by atoms with Crippen LogP contribution in [0, 0.1) is 0 Å². The van der Waals surface area contributed by atoms with E-state index in [-0.39, 0.29) is 29.7 Å². The smallest absolute Gasteiger partial charge is 0.256 e. The maximum Gasteiger partial charge on any atom is 0.256 e. The summed E-state index contributed by atoms with van der Waals surface area (Å²) >= 11 is 3.58. The van der Waals surface area contributed by atoms with Gasteiger partial charge in [0.2, 0.25) is 11.8 Å². The fraction of sp³-hybridized carbons (Fsp3) is 0.256. The maximum atomic E-state index is 13.2. The number of imide groups is 1. The predicted octanol–water partition coefficient (Wildman–Crippen LogP) is 6.50. The second-order valence-electron chi connectivity index (χ2n) is 12.4. The normalized spacial score (nSPS) is 16.4. The third-order valence-corrected chi connectivity index (χ3v) is 9.62. The van der Waals surface area contributed by atoms with E-state index in [9.17, 15) is 24.6 Å². The Labute approximate surface area is 293 Å². The zero-order valence-corrected chi connectivity index (χ0v) is 29.0. The monoisotopic (exact) mass is 723 g/mol. The number of nitrogens with one attached hydrogen (secondary N) is 1. The molecule has 0 bridgehead atoms. The minimum atomic E-state index is -0.648. The van der Waals surface area contributed by atoms with Gasteiger partial charge in [-0.2, -0.15) is 0 Å². The molecule has 1 atom stereocenters. The molecule has 2 aliphatic heterocycles. The fourth-order valence-electron chi connectivity index (χ4n) is 6.57. The first-order chi connectivity index (χ1) is 23.6. The first-order valence-corrected chi connectivity index (χ1v) is 17.1. The van der Waals surface area contributed by atoms with Gasteiger partial charge in [-0.25, -0.2) is 0 Å². The summed E-state index contributed by atoms with van der Waals surface area (Å²) in [5.41, 5.74) is 7.63. The zero-order chi connectivity index (χ0) is 34.7. The van der Waals surface area contributed by atoms with Crippen LogP contribution >= 0.6 is 15.9 Å². The van der Waals surface area contributed by atoms with E-state index in [1.165, 1.54) is 0 Å². The number of amides is 3. The van der Waals surface area contributed by atoms with Gasteiger partial charge in [-0.1, -0.05) is 49.4 Å². The van der Waals surface area contributed by atoms with Crippen LogP contribution in [0.5, 0.6) is 17.2 Å². The number of phenols is 2. The summed E-state index contributed by atoms with van der Waals surface area (Å²) in [6, 6.07) is 25.7. The summed E-state index contributed by atoms with van der Waals surface area (Å²) in [5.74, 6) is 0.242. The highest BCUT2D eigenvalue weighted by atomic mass is 79.9. The highest BCUT2D eigenvalue weighted by molar-refractivity contribution is 9.10. The van der Waals surface area contributed by atoms with Crippen molar-refractivity contribution in [3.8, 4) is 17.2 Å². The number of phenolic OH excluding ortho intramolecular Hbond substituents is 2. The van der Waals surface area contributed by atoms with Gasteiger partial charge in [0, 0.05) is 30.5 Å². The Morgan fingerprint density at radius 1 is 0.918 bits per heavy atom. The number of hydrogen-bond acceptors (Lipinski definition) is 7. The molecule has 252 valence electrons.